The number of ether oxygens (including phenoxy) is 12. The topological polar surface area (TPSA) is 111 Å². The van der Waals surface area contributed by atoms with E-state index in [1.54, 1.807) is 0 Å². The van der Waals surface area contributed by atoms with Gasteiger partial charge < -0.3 is 56.8 Å². The normalized spacial score (nSPS) is 32.4. The van der Waals surface area contributed by atoms with E-state index in [2.05, 4.69) is 0 Å². The van der Waals surface area contributed by atoms with E-state index in [-0.39, 0.29) is 36.6 Å². The third-order valence-corrected chi connectivity index (χ3v) is 7.57. The average Bonchev–Trinajstić information content (AvgIpc) is 3.65. The summed E-state index contributed by atoms with van der Waals surface area (Å²) in [6, 6.07) is 0. The molecule has 4 aliphatic rings. The molecule has 6 atom stereocenters. The first-order valence-corrected chi connectivity index (χ1v) is 15.8. The Labute approximate surface area is 257 Å². The lowest BCUT2D eigenvalue weighted by atomic mass is 10.1. The molecule has 0 bridgehead atoms. The Balaban J connectivity index is 1.24. The predicted octanol–water partition coefficient (Wildman–Crippen LogP) is 3.57. The lowest BCUT2D eigenvalue weighted by Gasteiger charge is -2.24. The van der Waals surface area contributed by atoms with Crippen LogP contribution >= 0.6 is 0 Å². The molecule has 4 aliphatic heterocycles. The van der Waals surface area contributed by atoms with Gasteiger partial charge in [-0.1, -0.05) is 0 Å². The molecule has 4 saturated heterocycles. The molecule has 0 amide bonds. The van der Waals surface area contributed by atoms with Crippen LogP contribution in [-0.2, 0) is 56.8 Å². The van der Waals surface area contributed by atoms with Crippen LogP contribution in [0.3, 0.4) is 0 Å². The second kappa shape index (κ2) is 15.4. The minimum Gasteiger partial charge on any atom is -0.376 e. The summed E-state index contributed by atoms with van der Waals surface area (Å²) in [6.45, 7) is 20.0. The van der Waals surface area contributed by atoms with Crippen LogP contribution in [0.1, 0.15) is 74.7 Å². The second-order valence-corrected chi connectivity index (χ2v) is 13.7. The summed E-state index contributed by atoms with van der Waals surface area (Å²) in [5.74, 6) is -2.34. The summed E-state index contributed by atoms with van der Waals surface area (Å²) in [6.07, 6.45) is 1.77. The fourth-order valence-corrected chi connectivity index (χ4v) is 5.53. The zero-order valence-corrected chi connectivity index (χ0v) is 27.6. The molecule has 4 heterocycles. The largest absolute Gasteiger partial charge is 0.376 e. The van der Waals surface area contributed by atoms with Crippen LogP contribution in [0.15, 0.2) is 0 Å². The monoisotopic (exact) mass is 620 g/mol. The highest BCUT2D eigenvalue weighted by molar-refractivity contribution is 4.75. The van der Waals surface area contributed by atoms with E-state index in [4.69, 9.17) is 56.8 Å². The molecule has 43 heavy (non-hydrogen) atoms. The van der Waals surface area contributed by atoms with Crippen molar-refractivity contribution >= 4 is 0 Å². The molecule has 0 aromatic heterocycles. The quantitative estimate of drug-likeness (QED) is 0.223. The minimum absolute atomic E-state index is 0.0930. The Bertz CT molecular complexity index is 768. The van der Waals surface area contributed by atoms with E-state index >= 15 is 0 Å². The van der Waals surface area contributed by atoms with Crippen molar-refractivity contribution < 1.29 is 56.8 Å². The fourth-order valence-electron chi connectivity index (χ4n) is 5.53. The van der Waals surface area contributed by atoms with E-state index in [9.17, 15) is 0 Å². The van der Waals surface area contributed by atoms with Gasteiger partial charge in [0, 0.05) is 0 Å². The van der Waals surface area contributed by atoms with Gasteiger partial charge in [0.2, 0.25) is 0 Å². The maximum atomic E-state index is 6.30. The van der Waals surface area contributed by atoms with Gasteiger partial charge in [-0.2, -0.15) is 0 Å². The standard InChI is InChI=1S/C31H56O12/c1-28(2)36-18-24(40-28)14-32-12-22(34-16-26-20-38-30(5,6)42-26)10-9-11-23(35-17-27-21-39-31(7,8)43-27)13-33-15-25-19-37-29(3,4)41-25/h22-27H,9-21H2,1-8H3. The SMILES string of the molecule is CC1(C)OCC(COCC(CCCC(COCC2COC(C)(C)O2)OCC2COC(C)(C)O2)OCC2COC(C)(C)O2)O1. The Kier molecular flexibility index (Phi) is 12.7. The van der Waals surface area contributed by atoms with E-state index in [0.717, 1.165) is 19.3 Å². The summed E-state index contributed by atoms with van der Waals surface area (Å²) < 4.78 is 71.1. The minimum atomic E-state index is -0.591. The first kappa shape index (κ1) is 35.4. The molecule has 0 aromatic rings. The van der Waals surface area contributed by atoms with E-state index in [1.165, 1.54) is 0 Å². The number of hydrogen-bond donors (Lipinski definition) is 0. The van der Waals surface area contributed by atoms with Gasteiger partial charge in [0.15, 0.2) is 23.1 Å². The Morgan fingerprint density at radius 1 is 0.488 bits per heavy atom. The van der Waals surface area contributed by atoms with E-state index < -0.39 is 23.1 Å². The molecule has 0 radical (unpaired) electrons. The number of hydrogen-bond acceptors (Lipinski definition) is 12. The Morgan fingerprint density at radius 2 is 0.791 bits per heavy atom. The van der Waals surface area contributed by atoms with E-state index in [0.29, 0.717) is 66.1 Å². The molecule has 0 spiro atoms. The van der Waals surface area contributed by atoms with Crippen molar-refractivity contribution in [3.8, 4) is 0 Å². The highest BCUT2D eigenvalue weighted by Crippen LogP contribution is 2.26. The summed E-state index contributed by atoms with van der Waals surface area (Å²) in [5.41, 5.74) is 0. The van der Waals surface area contributed by atoms with Crippen LogP contribution in [0.5, 0.6) is 0 Å². The molecule has 6 unspecified atom stereocenters. The first-order chi connectivity index (χ1) is 20.2. The molecule has 0 aliphatic carbocycles. The van der Waals surface area contributed by atoms with Crippen LogP contribution in [0.4, 0.5) is 0 Å². The zero-order chi connectivity index (χ0) is 31.1. The van der Waals surface area contributed by atoms with Gasteiger partial charge in [0.1, 0.15) is 24.4 Å². The molecule has 12 heteroatoms. The molecule has 0 aromatic carbocycles. The average molecular weight is 621 g/mol. The smallest absolute Gasteiger partial charge is 0.163 e. The van der Waals surface area contributed by atoms with Gasteiger partial charge in [-0.3, -0.25) is 0 Å². The van der Waals surface area contributed by atoms with Gasteiger partial charge in [-0.15, -0.1) is 0 Å². The van der Waals surface area contributed by atoms with Crippen molar-refractivity contribution in [3.05, 3.63) is 0 Å². The fraction of sp³-hybridized carbons (Fsp3) is 1.00. The summed E-state index contributed by atoms with van der Waals surface area (Å²) in [4.78, 5) is 0. The van der Waals surface area contributed by atoms with Gasteiger partial charge in [0.05, 0.1) is 78.3 Å². The Hall–Kier alpha value is -0.480. The van der Waals surface area contributed by atoms with Crippen LogP contribution in [-0.4, -0.2) is 126 Å². The van der Waals surface area contributed by atoms with Gasteiger partial charge in [-0.25, -0.2) is 0 Å². The van der Waals surface area contributed by atoms with Crippen molar-refractivity contribution in [1.82, 2.24) is 0 Å². The first-order valence-electron chi connectivity index (χ1n) is 15.8. The summed E-state index contributed by atoms with van der Waals surface area (Å²) >= 11 is 0. The van der Waals surface area contributed by atoms with Gasteiger partial charge >= 0.3 is 0 Å². The van der Waals surface area contributed by atoms with Crippen LogP contribution in [0.2, 0.25) is 0 Å². The molecule has 0 saturated carbocycles. The second-order valence-electron chi connectivity index (χ2n) is 13.7. The maximum Gasteiger partial charge on any atom is 0.163 e. The lowest BCUT2D eigenvalue weighted by molar-refractivity contribution is -0.155. The maximum absolute atomic E-state index is 6.30. The van der Waals surface area contributed by atoms with Crippen molar-refractivity contribution in [1.29, 1.82) is 0 Å². The van der Waals surface area contributed by atoms with Gasteiger partial charge in [-0.05, 0) is 74.7 Å². The van der Waals surface area contributed by atoms with E-state index in [1.807, 2.05) is 55.4 Å². The molecule has 4 rings (SSSR count). The Morgan fingerprint density at radius 3 is 1.07 bits per heavy atom. The molecule has 252 valence electrons. The zero-order valence-electron chi connectivity index (χ0n) is 27.6. The molecule has 4 fully saturated rings. The van der Waals surface area contributed by atoms with Crippen LogP contribution < -0.4 is 0 Å². The van der Waals surface area contributed by atoms with Crippen molar-refractivity contribution in [2.75, 3.05) is 66.1 Å². The molecular weight excluding hydrogens is 564 g/mol. The summed E-state index contributed by atoms with van der Waals surface area (Å²) in [7, 11) is 0. The molecule has 0 N–H and O–H groups in total. The van der Waals surface area contributed by atoms with Gasteiger partial charge in [0.25, 0.3) is 0 Å². The predicted molar refractivity (Wildman–Crippen MR) is 155 cm³/mol. The summed E-state index contributed by atoms with van der Waals surface area (Å²) in [5, 5.41) is 0. The number of rotatable bonds is 18. The lowest BCUT2D eigenvalue weighted by Crippen LogP contribution is -2.31. The van der Waals surface area contributed by atoms with Crippen molar-refractivity contribution in [2.24, 2.45) is 0 Å². The van der Waals surface area contributed by atoms with Crippen molar-refractivity contribution in [2.45, 2.75) is 134 Å². The highest BCUT2D eigenvalue weighted by atomic mass is 16.8. The molecular formula is C31H56O12. The molecule has 12 nitrogen and oxygen atoms in total. The highest BCUT2D eigenvalue weighted by Gasteiger charge is 2.36. The van der Waals surface area contributed by atoms with Crippen LogP contribution in [0, 0.1) is 0 Å². The third kappa shape index (κ3) is 12.7. The van der Waals surface area contributed by atoms with Crippen LogP contribution in [0.25, 0.3) is 0 Å². The van der Waals surface area contributed by atoms with Crippen molar-refractivity contribution in [3.63, 3.8) is 0 Å². The third-order valence-electron chi connectivity index (χ3n) is 7.57.